The summed E-state index contributed by atoms with van der Waals surface area (Å²) in [6, 6.07) is 12.1. The van der Waals surface area contributed by atoms with Gasteiger partial charge in [0.1, 0.15) is 0 Å². The second-order valence-electron chi connectivity index (χ2n) is 5.28. The minimum absolute atomic E-state index is 0.0937. The first-order chi connectivity index (χ1) is 10.3. The molecule has 1 atom stereocenters. The average molecular weight is 281 g/mol. The molecular formula is C17H19N3O. The van der Waals surface area contributed by atoms with Gasteiger partial charge in [-0.3, -0.25) is 9.78 Å². The molecule has 2 aromatic rings. The number of fused-ring (bicyclic) bond motifs is 1. The standard InChI is InChI=1S/C17H19N3O/c21-17(20-9-7-13-4-3-8-18-10-13)16-12-19-11-14-5-1-2-6-15(14)16/h1-6,8,10,16,19H,7,9,11-12H2,(H,20,21). The summed E-state index contributed by atoms with van der Waals surface area (Å²) in [7, 11) is 0. The number of carbonyl (C=O) groups excluding carboxylic acids is 1. The van der Waals surface area contributed by atoms with Crippen LogP contribution in [0.4, 0.5) is 0 Å². The van der Waals surface area contributed by atoms with E-state index in [0.717, 1.165) is 24.1 Å². The molecule has 2 heterocycles. The Kier molecular flexibility index (Phi) is 4.26. The van der Waals surface area contributed by atoms with E-state index < -0.39 is 0 Å². The molecule has 4 nitrogen and oxygen atoms in total. The fraction of sp³-hybridized carbons (Fsp3) is 0.294. The first-order valence-corrected chi connectivity index (χ1v) is 7.30. The van der Waals surface area contributed by atoms with E-state index in [4.69, 9.17) is 0 Å². The van der Waals surface area contributed by atoms with Gasteiger partial charge in [-0.1, -0.05) is 30.3 Å². The van der Waals surface area contributed by atoms with Crippen LogP contribution in [-0.2, 0) is 17.8 Å². The smallest absolute Gasteiger partial charge is 0.228 e. The number of aromatic nitrogens is 1. The number of hydrogen-bond donors (Lipinski definition) is 2. The monoisotopic (exact) mass is 281 g/mol. The van der Waals surface area contributed by atoms with Gasteiger partial charge in [0, 0.05) is 32.0 Å². The zero-order valence-corrected chi connectivity index (χ0v) is 11.9. The Morgan fingerprint density at radius 2 is 2.19 bits per heavy atom. The Hall–Kier alpha value is -2.20. The number of benzene rings is 1. The van der Waals surface area contributed by atoms with Gasteiger partial charge in [0.05, 0.1) is 5.92 Å². The number of pyridine rings is 1. The lowest BCUT2D eigenvalue weighted by molar-refractivity contribution is -0.122. The first-order valence-electron chi connectivity index (χ1n) is 7.30. The molecule has 0 aliphatic carbocycles. The Balaban J connectivity index is 1.59. The predicted octanol–water partition coefficient (Wildman–Crippen LogP) is 1.63. The SMILES string of the molecule is O=C(NCCc1cccnc1)C1CNCc2ccccc21. The van der Waals surface area contributed by atoms with Gasteiger partial charge in [0.2, 0.25) is 5.91 Å². The van der Waals surface area contributed by atoms with Crippen LogP contribution < -0.4 is 10.6 Å². The van der Waals surface area contributed by atoms with Crippen LogP contribution in [0.1, 0.15) is 22.6 Å². The predicted molar refractivity (Wildman–Crippen MR) is 81.8 cm³/mol. The van der Waals surface area contributed by atoms with Crippen LogP contribution in [0.25, 0.3) is 0 Å². The summed E-state index contributed by atoms with van der Waals surface area (Å²) in [5, 5.41) is 6.34. The molecule has 1 aromatic heterocycles. The van der Waals surface area contributed by atoms with Crippen LogP contribution in [-0.4, -0.2) is 24.0 Å². The molecule has 0 saturated carbocycles. The number of carbonyl (C=O) groups is 1. The van der Waals surface area contributed by atoms with Crippen molar-refractivity contribution in [3.8, 4) is 0 Å². The van der Waals surface area contributed by atoms with Crippen molar-refractivity contribution in [2.24, 2.45) is 0 Å². The molecule has 0 fully saturated rings. The highest BCUT2D eigenvalue weighted by Crippen LogP contribution is 2.23. The summed E-state index contributed by atoms with van der Waals surface area (Å²) in [6.45, 7) is 2.19. The van der Waals surface area contributed by atoms with Gasteiger partial charge in [0.25, 0.3) is 0 Å². The summed E-state index contributed by atoms with van der Waals surface area (Å²) in [5.41, 5.74) is 3.51. The van der Waals surface area contributed by atoms with Crippen LogP contribution in [0, 0.1) is 0 Å². The third-order valence-electron chi connectivity index (χ3n) is 3.85. The lowest BCUT2D eigenvalue weighted by Gasteiger charge is -2.25. The third kappa shape index (κ3) is 3.28. The van der Waals surface area contributed by atoms with E-state index in [1.807, 2.05) is 30.5 Å². The molecule has 1 unspecified atom stereocenters. The summed E-state index contributed by atoms with van der Waals surface area (Å²) < 4.78 is 0. The van der Waals surface area contributed by atoms with Gasteiger partial charge in [-0.05, 0) is 29.2 Å². The summed E-state index contributed by atoms with van der Waals surface area (Å²) in [6.07, 6.45) is 4.40. The molecule has 3 rings (SSSR count). The quantitative estimate of drug-likeness (QED) is 0.895. The fourth-order valence-corrected chi connectivity index (χ4v) is 2.73. The second kappa shape index (κ2) is 6.50. The van der Waals surface area contributed by atoms with Gasteiger partial charge in [0.15, 0.2) is 0 Å². The minimum Gasteiger partial charge on any atom is -0.355 e. The summed E-state index contributed by atoms with van der Waals surface area (Å²) in [5.74, 6) is 0.00221. The highest BCUT2D eigenvalue weighted by Gasteiger charge is 2.25. The van der Waals surface area contributed by atoms with Gasteiger partial charge >= 0.3 is 0 Å². The van der Waals surface area contributed by atoms with Crippen molar-refractivity contribution in [3.05, 3.63) is 65.5 Å². The van der Waals surface area contributed by atoms with Gasteiger partial charge in [-0.2, -0.15) is 0 Å². The summed E-state index contributed by atoms with van der Waals surface area (Å²) >= 11 is 0. The topological polar surface area (TPSA) is 54.0 Å². The highest BCUT2D eigenvalue weighted by molar-refractivity contribution is 5.84. The van der Waals surface area contributed by atoms with Gasteiger partial charge < -0.3 is 10.6 Å². The third-order valence-corrected chi connectivity index (χ3v) is 3.85. The maximum atomic E-state index is 12.4. The Labute approximate surface area is 124 Å². The van der Waals surface area contributed by atoms with Crippen molar-refractivity contribution in [2.45, 2.75) is 18.9 Å². The van der Waals surface area contributed by atoms with Crippen molar-refractivity contribution in [2.75, 3.05) is 13.1 Å². The van der Waals surface area contributed by atoms with E-state index in [1.54, 1.807) is 6.20 Å². The zero-order valence-electron chi connectivity index (χ0n) is 11.9. The molecule has 4 heteroatoms. The maximum Gasteiger partial charge on any atom is 0.228 e. The Morgan fingerprint density at radius 3 is 3.05 bits per heavy atom. The van der Waals surface area contributed by atoms with Gasteiger partial charge in [-0.15, -0.1) is 0 Å². The Bertz CT molecular complexity index is 612. The molecule has 0 spiro atoms. The lowest BCUT2D eigenvalue weighted by atomic mass is 9.90. The maximum absolute atomic E-state index is 12.4. The highest BCUT2D eigenvalue weighted by atomic mass is 16.1. The van der Waals surface area contributed by atoms with E-state index >= 15 is 0 Å². The molecular weight excluding hydrogens is 262 g/mol. The van der Waals surface area contributed by atoms with E-state index in [1.165, 1.54) is 5.56 Å². The molecule has 1 aliphatic heterocycles. The van der Waals surface area contributed by atoms with Crippen LogP contribution in [0.15, 0.2) is 48.8 Å². The lowest BCUT2D eigenvalue weighted by Crippen LogP contribution is -2.39. The number of amides is 1. The van der Waals surface area contributed by atoms with Crippen molar-refractivity contribution < 1.29 is 4.79 Å². The number of nitrogens with zero attached hydrogens (tertiary/aromatic N) is 1. The summed E-state index contributed by atoms with van der Waals surface area (Å²) in [4.78, 5) is 16.5. The number of hydrogen-bond acceptors (Lipinski definition) is 3. The van der Waals surface area contributed by atoms with Crippen molar-refractivity contribution >= 4 is 5.91 Å². The largest absolute Gasteiger partial charge is 0.355 e. The van der Waals surface area contributed by atoms with Crippen LogP contribution in [0.2, 0.25) is 0 Å². The minimum atomic E-state index is -0.0937. The van der Waals surface area contributed by atoms with E-state index in [-0.39, 0.29) is 11.8 Å². The van der Waals surface area contributed by atoms with Crippen LogP contribution in [0.5, 0.6) is 0 Å². The van der Waals surface area contributed by atoms with Crippen molar-refractivity contribution in [1.82, 2.24) is 15.6 Å². The average Bonchev–Trinajstić information content (AvgIpc) is 2.55. The molecule has 1 aromatic carbocycles. The molecule has 21 heavy (non-hydrogen) atoms. The molecule has 0 saturated heterocycles. The van der Waals surface area contributed by atoms with Crippen molar-refractivity contribution in [3.63, 3.8) is 0 Å². The first kappa shape index (κ1) is 13.8. The molecule has 0 bridgehead atoms. The fourth-order valence-electron chi connectivity index (χ4n) is 2.73. The van der Waals surface area contributed by atoms with Crippen LogP contribution >= 0.6 is 0 Å². The van der Waals surface area contributed by atoms with E-state index in [9.17, 15) is 4.79 Å². The van der Waals surface area contributed by atoms with Crippen molar-refractivity contribution in [1.29, 1.82) is 0 Å². The molecule has 2 N–H and O–H groups in total. The second-order valence-corrected chi connectivity index (χ2v) is 5.28. The normalized spacial score (nSPS) is 17.0. The van der Waals surface area contributed by atoms with E-state index in [0.29, 0.717) is 13.1 Å². The molecule has 1 aliphatic rings. The van der Waals surface area contributed by atoms with Gasteiger partial charge in [-0.25, -0.2) is 0 Å². The molecule has 108 valence electrons. The zero-order chi connectivity index (χ0) is 14.5. The Morgan fingerprint density at radius 1 is 1.29 bits per heavy atom. The molecule has 1 amide bonds. The number of rotatable bonds is 4. The molecule has 0 radical (unpaired) electrons. The van der Waals surface area contributed by atoms with E-state index in [2.05, 4.69) is 27.8 Å². The number of nitrogens with one attached hydrogen (secondary N) is 2. The van der Waals surface area contributed by atoms with Crippen LogP contribution in [0.3, 0.4) is 0 Å².